The van der Waals surface area contributed by atoms with E-state index >= 15 is 0 Å². The third kappa shape index (κ3) is 5.31. The minimum absolute atomic E-state index is 0.0199. The Hall–Kier alpha value is -3.87. The molecular formula is C30H30O7. The van der Waals surface area contributed by atoms with Crippen LogP contribution in [-0.2, 0) is 14.3 Å². The van der Waals surface area contributed by atoms with Crippen LogP contribution in [0.25, 0.3) is 12.2 Å². The fraction of sp³-hybridized carbons (Fsp3) is 0.367. The summed E-state index contributed by atoms with van der Waals surface area (Å²) in [6.45, 7) is 2.04. The first kappa shape index (κ1) is 24.8. The molecule has 7 heteroatoms. The zero-order valence-corrected chi connectivity index (χ0v) is 20.8. The summed E-state index contributed by atoms with van der Waals surface area (Å²) in [4.78, 5) is 38.0. The van der Waals surface area contributed by atoms with Crippen molar-refractivity contribution in [2.75, 3.05) is 6.61 Å². The lowest BCUT2D eigenvalue weighted by Crippen LogP contribution is -2.26. The van der Waals surface area contributed by atoms with Gasteiger partial charge in [0.05, 0.1) is 12.5 Å². The predicted octanol–water partition coefficient (Wildman–Crippen LogP) is 5.74. The Bertz CT molecular complexity index is 1300. The van der Waals surface area contributed by atoms with Gasteiger partial charge in [0.1, 0.15) is 35.2 Å². The Morgan fingerprint density at radius 3 is 2.68 bits per heavy atom. The van der Waals surface area contributed by atoms with Crippen LogP contribution >= 0.6 is 0 Å². The molecule has 0 amide bonds. The number of fused-ring (bicyclic) bond motifs is 3. The number of benzene rings is 2. The van der Waals surface area contributed by atoms with Crippen molar-refractivity contribution >= 4 is 29.9 Å². The lowest BCUT2D eigenvalue weighted by molar-refractivity contribution is -0.135. The Labute approximate surface area is 215 Å². The number of ether oxygens (including phenoxy) is 3. The van der Waals surface area contributed by atoms with Gasteiger partial charge >= 0.3 is 11.9 Å². The summed E-state index contributed by atoms with van der Waals surface area (Å²) in [6.07, 6.45) is 8.65. The van der Waals surface area contributed by atoms with E-state index in [1.54, 1.807) is 19.1 Å². The van der Waals surface area contributed by atoms with Crippen molar-refractivity contribution in [2.45, 2.75) is 63.9 Å². The van der Waals surface area contributed by atoms with Crippen molar-refractivity contribution in [3.8, 4) is 17.2 Å². The monoisotopic (exact) mass is 502 g/mol. The number of carbonyl (C=O) groups is 3. The molecule has 37 heavy (non-hydrogen) atoms. The highest BCUT2D eigenvalue weighted by atomic mass is 16.5. The van der Waals surface area contributed by atoms with Gasteiger partial charge in [-0.25, -0.2) is 4.79 Å². The van der Waals surface area contributed by atoms with Gasteiger partial charge in [-0.2, -0.15) is 0 Å². The summed E-state index contributed by atoms with van der Waals surface area (Å²) in [7, 11) is 0. The summed E-state index contributed by atoms with van der Waals surface area (Å²) >= 11 is 0. The molecule has 0 bridgehead atoms. The molecule has 192 valence electrons. The lowest BCUT2D eigenvalue weighted by atomic mass is 9.82. The molecule has 1 unspecified atom stereocenters. The van der Waals surface area contributed by atoms with Crippen LogP contribution in [-0.4, -0.2) is 35.5 Å². The molecular weight excluding hydrogens is 472 g/mol. The van der Waals surface area contributed by atoms with E-state index < -0.39 is 24.0 Å². The molecule has 3 aliphatic rings. The largest absolute Gasteiger partial charge is 0.507 e. The lowest BCUT2D eigenvalue weighted by Gasteiger charge is -2.30. The zero-order valence-electron chi connectivity index (χ0n) is 20.8. The number of carbonyl (C=O) groups excluding carboxylic acids is 3. The van der Waals surface area contributed by atoms with Crippen molar-refractivity contribution in [1.29, 1.82) is 0 Å². The van der Waals surface area contributed by atoms with Crippen molar-refractivity contribution in [1.82, 2.24) is 0 Å². The summed E-state index contributed by atoms with van der Waals surface area (Å²) in [5.74, 6) is -0.640. The number of para-hydroxylation sites is 1. The van der Waals surface area contributed by atoms with Crippen LogP contribution in [0.4, 0.5) is 0 Å². The number of ketones is 1. The topological polar surface area (TPSA) is 99.1 Å². The van der Waals surface area contributed by atoms with Gasteiger partial charge in [0.25, 0.3) is 0 Å². The van der Waals surface area contributed by atoms with Gasteiger partial charge in [0.2, 0.25) is 0 Å². The van der Waals surface area contributed by atoms with Crippen LogP contribution in [0.15, 0.2) is 42.0 Å². The number of allylic oxidation sites excluding steroid dienone is 1. The molecule has 0 spiro atoms. The average Bonchev–Trinajstić information content (AvgIpc) is 2.87. The second kappa shape index (κ2) is 10.6. The van der Waals surface area contributed by atoms with E-state index in [1.165, 1.54) is 0 Å². The molecule has 5 rings (SSSR count). The second-order valence-corrected chi connectivity index (χ2v) is 9.82. The van der Waals surface area contributed by atoms with E-state index in [1.807, 2.05) is 36.4 Å². The highest BCUT2D eigenvalue weighted by molar-refractivity contribution is 5.98. The maximum Gasteiger partial charge on any atom is 0.342 e. The molecule has 0 radical (unpaired) electrons. The molecule has 0 saturated carbocycles. The van der Waals surface area contributed by atoms with Crippen LogP contribution < -0.4 is 9.47 Å². The van der Waals surface area contributed by atoms with E-state index in [4.69, 9.17) is 14.2 Å². The number of hydrogen-bond acceptors (Lipinski definition) is 7. The first-order valence-corrected chi connectivity index (χ1v) is 12.8. The standard InChI is InChI=1S/C30H30O7/c1-18-8-7-12-22(31)11-4-2-3-10-20-15-25-28(29(33)27(20)30(34)36-18)23(16-26(32)37-25)21-14-19-9-5-6-13-24(19)35-17-21/h3,5-6,9-10,13-15,18,23,33H,2,4,7-8,11-12,16-17H2,1H3/t18-,23?/m0/s1. The number of Topliss-reactive ketones (excluding diaryl/α,β-unsaturated/α-hetero) is 1. The van der Waals surface area contributed by atoms with Gasteiger partial charge < -0.3 is 19.3 Å². The highest BCUT2D eigenvalue weighted by Gasteiger charge is 2.37. The Morgan fingerprint density at radius 1 is 1.00 bits per heavy atom. The molecule has 0 saturated heterocycles. The Balaban J connectivity index is 1.58. The van der Waals surface area contributed by atoms with Crippen LogP contribution in [0.3, 0.4) is 0 Å². The molecule has 2 aromatic carbocycles. The number of hydrogen-bond donors (Lipinski definition) is 1. The van der Waals surface area contributed by atoms with Crippen LogP contribution in [0.1, 0.15) is 84.8 Å². The molecule has 3 aliphatic heterocycles. The van der Waals surface area contributed by atoms with Crippen LogP contribution in [0.2, 0.25) is 0 Å². The summed E-state index contributed by atoms with van der Waals surface area (Å²) in [5.41, 5.74) is 2.55. The summed E-state index contributed by atoms with van der Waals surface area (Å²) in [5, 5.41) is 11.5. The van der Waals surface area contributed by atoms with Gasteiger partial charge in [-0.05, 0) is 62.0 Å². The molecule has 0 aliphatic carbocycles. The smallest absolute Gasteiger partial charge is 0.342 e. The van der Waals surface area contributed by atoms with Gasteiger partial charge in [-0.1, -0.05) is 30.4 Å². The molecule has 1 N–H and O–H groups in total. The Morgan fingerprint density at radius 2 is 1.81 bits per heavy atom. The number of phenolic OH excluding ortho intramolecular Hbond substituents is 1. The van der Waals surface area contributed by atoms with Crippen molar-refractivity contribution in [2.24, 2.45) is 0 Å². The van der Waals surface area contributed by atoms with Crippen molar-refractivity contribution < 1.29 is 33.7 Å². The summed E-state index contributed by atoms with van der Waals surface area (Å²) < 4.78 is 17.2. The van der Waals surface area contributed by atoms with E-state index in [0.717, 1.165) is 16.9 Å². The number of phenols is 1. The molecule has 3 heterocycles. The van der Waals surface area contributed by atoms with Gasteiger partial charge in [-0.3, -0.25) is 9.59 Å². The Kier molecular flexibility index (Phi) is 7.12. The predicted molar refractivity (Wildman–Crippen MR) is 138 cm³/mol. The van der Waals surface area contributed by atoms with E-state index in [9.17, 15) is 19.5 Å². The quantitative estimate of drug-likeness (QED) is 0.392. The van der Waals surface area contributed by atoms with E-state index in [0.29, 0.717) is 49.7 Å². The first-order chi connectivity index (χ1) is 17.9. The number of cyclic esters (lactones) is 1. The van der Waals surface area contributed by atoms with Crippen LogP contribution in [0, 0.1) is 0 Å². The van der Waals surface area contributed by atoms with Crippen LogP contribution in [0.5, 0.6) is 17.2 Å². The number of esters is 2. The van der Waals surface area contributed by atoms with Crippen molar-refractivity contribution in [3.05, 3.63) is 64.2 Å². The fourth-order valence-electron chi connectivity index (χ4n) is 5.17. The number of aromatic hydroxyl groups is 1. The normalized spacial score (nSPS) is 22.3. The van der Waals surface area contributed by atoms with Crippen molar-refractivity contribution in [3.63, 3.8) is 0 Å². The van der Waals surface area contributed by atoms with E-state index in [2.05, 4.69) is 0 Å². The third-order valence-electron chi connectivity index (χ3n) is 7.08. The van der Waals surface area contributed by atoms with Gasteiger partial charge in [-0.15, -0.1) is 0 Å². The highest BCUT2D eigenvalue weighted by Crippen LogP contribution is 2.48. The minimum Gasteiger partial charge on any atom is -0.507 e. The molecule has 2 aromatic rings. The second-order valence-electron chi connectivity index (χ2n) is 9.82. The SMILES string of the molecule is C[C@H]1CCCC(=O)CCCC=Cc2cc3c(c(O)c2C(=O)O1)C(C1=Cc2ccccc2OC1)CC(=O)O3. The van der Waals surface area contributed by atoms with Gasteiger partial charge in [0, 0.05) is 29.9 Å². The van der Waals surface area contributed by atoms with E-state index in [-0.39, 0.29) is 35.9 Å². The maximum atomic E-state index is 13.3. The molecule has 2 atom stereocenters. The zero-order chi connectivity index (χ0) is 25.9. The average molecular weight is 503 g/mol. The molecule has 7 nitrogen and oxygen atoms in total. The fourth-order valence-corrected chi connectivity index (χ4v) is 5.17. The minimum atomic E-state index is -0.647. The molecule has 0 aromatic heterocycles. The summed E-state index contributed by atoms with van der Waals surface area (Å²) in [6, 6.07) is 9.23. The number of rotatable bonds is 1. The third-order valence-corrected chi connectivity index (χ3v) is 7.08. The maximum absolute atomic E-state index is 13.3. The molecule has 0 fully saturated rings. The first-order valence-electron chi connectivity index (χ1n) is 12.8. The van der Waals surface area contributed by atoms with Gasteiger partial charge in [0.15, 0.2) is 0 Å².